The average Bonchev–Trinajstić information content (AvgIpc) is 2.60. The monoisotopic (exact) mass is 467 g/mol. The van der Waals surface area contributed by atoms with Gasteiger partial charge in [-0.2, -0.15) is 0 Å². The van der Waals surface area contributed by atoms with E-state index in [0.717, 1.165) is 26.7 Å². The van der Waals surface area contributed by atoms with Gasteiger partial charge in [0.15, 0.2) is 0 Å². The first kappa shape index (κ1) is 29.1. The first-order valence-corrected chi connectivity index (χ1v) is 7.85. The van der Waals surface area contributed by atoms with E-state index >= 15 is 0 Å². The molecule has 165 valence electrons. The molecule has 0 spiro atoms. The van der Waals surface area contributed by atoms with Crippen LogP contribution in [0.25, 0.3) is 21.8 Å². The molecule has 2 heterocycles. The van der Waals surface area contributed by atoms with Crippen molar-refractivity contribution in [3.63, 3.8) is 0 Å². The number of benzene rings is 1. The van der Waals surface area contributed by atoms with E-state index in [1.807, 2.05) is 12.1 Å². The van der Waals surface area contributed by atoms with E-state index in [0.29, 0.717) is 0 Å². The molecule has 30 heavy (non-hydrogen) atoms. The number of hydrogen-bond acceptors (Lipinski definition) is 8. The van der Waals surface area contributed by atoms with Crippen LogP contribution in [0.5, 0.6) is 0 Å². The summed E-state index contributed by atoms with van der Waals surface area (Å²) in [4.78, 5) is 39.9. The predicted octanol–water partition coefficient (Wildman–Crippen LogP) is -3.60. The van der Waals surface area contributed by atoms with Crippen LogP contribution in [0.3, 0.4) is 0 Å². The zero-order valence-electron chi connectivity index (χ0n) is 15.5. The van der Waals surface area contributed by atoms with Gasteiger partial charge in [-0.25, -0.2) is 0 Å². The smallest absolute Gasteiger partial charge is 0.549 e. The van der Waals surface area contributed by atoms with Crippen molar-refractivity contribution >= 4 is 39.7 Å². The molecule has 1 aromatic carbocycles. The molecule has 0 aliphatic carbocycles. The molecule has 3 rings (SSSR count). The van der Waals surface area contributed by atoms with Gasteiger partial charge in [-0.15, -0.1) is 0 Å². The Hall–Kier alpha value is -3.15. The van der Waals surface area contributed by atoms with Crippen molar-refractivity contribution in [3.8, 4) is 0 Å². The number of carbonyl (C=O) groups is 3. The van der Waals surface area contributed by atoms with Gasteiger partial charge in [0, 0.05) is 36.3 Å². The minimum atomic E-state index is -1.48. The summed E-state index contributed by atoms with van der Waals surface area (Å²) < 4.78 is 0. The number of fused-ring (bicyclic) bond motifs is 3. The Morgan fingerprint density at radius 3 is 1.53 bits per heavy atom. The van der Waals surface area contributed by atoms with Crippen molar-refractivity contribution in [3.05, 3.63) is 48.8 Å². The van der Waals surface area contributed by atoms with Gasteiger partial charge in [0.1, 0.15) is 0 Å². The Morgan fingerprint density at radius 1 is 0.800 bits per heavy atom. The van der Waals surface area contributed by atoms with Crippen LogP contribution >= 0.6 is 0 Å². The zero-order chi connectivity index (χ0) is 19.8. The van der Waals surface area contributed by atoms with E-state index in [1.165, 1.54) is 0 Å². The van der Waals surface area contributed by atoms with Gasteiger partial charge in [0.05, 0.1) is 29.5 Å². The van der Waals surface area contributed by atoms with Crippen LogP contribution in [0.4, 0.5) is 0 Å². The molecule has 1 amide bonds. The average molecular weight is 468 g/mol. The Morgan fingerprint density at radius 2 is 1.20 bits per heavy atom. The molecule has 0 bridgehead atoms. The fourth-order valence-electron chi connectivity index (χ4n) is 2.43. The third kappa shape index (κ3) is 8.90. The van der Waals surface area contributed by atoms with E-state index in [4.69, 9.17) is 5.73 Å². The summed E-state index contributed by atoms with van der Waals surface area (Å²) in [7, 11) is 0. The topological polar surface area (TPSA) is 215 Å². The standard InChI is InChI=1S/C12H8N2.C6H10N2O5.Cu.2H2O/c1-3-9-5-6-10-4-2-8-14-12(10)11(9)13-7-1;7-4(9)1-8(2-5(10)11)3-6(12)13;;;/h1-8H;1-3H2,(H2,7,9)(H,10,11)(H,12,13);;2*1H2/q;;+2;;/p-2. The van der Waals surface area contributed by atoms with Crippen LogP contribution in [0.15, 0.2) is 48.8 Å². The van der Waals surface area contributed by atoms with Crippen molar-refractivity contribution in [2.24, 2.45) is 5.73 Å². The van der Waals surface area contributed by atoms with Gasteiger partial charge in [0.2, 0.25) is 5.91 Å². The fourth-order valence-corrected chi connectivity index (χ4v) is 2.43. The summed E-state index contributed by atoms with van der Waals surface area (Å²) in [6, 6.07) is 12.1. The molecule has 11 nitrogen and oxygen atoms in total. The fraction of sp³-hybridized carbons (Fsp3) is 0.167. The second-order valence-electron chi connectivity index (χ2n) is 5.57. The summed E-state index contributed by atoms with van der Waals surface area (Å²) in [5.74, 6) is -3.78. The van der Waals surface area contributed by atoms with E-state index in [-0.39, 0.29) is 28.0 Å². The summed E-state index contributed by atoms with van der Waals surface area (Å²) >= 11 is 0. The maximum Gasteiger partial charge on any atom is 2.00 e. The molecule has 0 aliphatic rings. The Kier molecular flexibility index (Phi) is 13.5. The summed E-state index contributed by atoms with van der Waals surface area (Å²) in [6.07, 6.45) is 3.60. The number of carboxylic acids is 2. The third-order valence-electron chi connectivity index (χ3n) is 3.43. The minimum absolute atomic E-state index is 0. The second-order valence-corrected chi connectivity index (χ2v) is 5.57. The number of aliphatic carboxylic acids is 2. The Bertz CT molecular complexity index is 894. The molecule has 3 aromatic rings. The number of hydrogen-bond donors (Lipinski definition) is 1. The van der Waals surface area contributed by atoms with Crippen LogP contribution in [-0.2, 0) is 31.5 Å². The third-order valence-corrected chi connectivity index (χ3v) is 3.43. The van der Waals surface area contributed by atoms with Gasteiger partial charge < -0.3 is 36.5 Å². The van der Waals surface area contributed by atoms with Gasteiger partial charge in [0.25, 0.3) is 0 Å². The van der Waals surface area contributed by atoms with Gasteiger partial charge >= 0.3 is 17.1 Å². The van der Waals surface area contributed by atoms with Crippen molar-refractivity contribution in [1.29, 1.82) is 0 Å². The number of rotatable bonds is 6. The largest absolute Gasteiger partial charge is 2.00 e. The van der Waals surface area contributed by atoms with Crippen molar-refractivity contribution in [2.75, 3.05) is 19.6 Å². The molecule has 0 unspecified atom stereocenters. The van der Waals surface area contributed by atoms with Crippen LogP contribution < -0.4 is 15.9 Å². The van der Waals surface area contributed by atoms with Crippen LogP contribution in [0.1, 0.15) is 0 Å². The molecule has 0 aliphatic heterocycles. The molecule has 0 atom stereocenters. The molecule has 0 fully saturated rings. The van der Waals surface area contributed by atoms with Crippen LogP contribution in [0.2, 0.25) is 0 Å². The molecule has 12 heteroatoms. The van der Waals surface area contributed by atoms with Crippen LogP contribution in [-0.4, -0.2) is 63.3 Å². The maximum absolute atomic E-state index is 10.3. The number of amides is 1. The van der Waals surface area contributed by atoms with E-state index in [9.17, 15) is 24.6 Å². The molecule has 2 aromatic heterocycles. The maximum atomic E-state index is 10.3. The molecular formula is C18H20CuN4O7. The van der Waals surface area contributed by atoms with E-state index in [1.54, 1.807) is 12.4 Å². The first-order valence-electron chi connectivity index (χ1n) is 7.85. The van der Waals surface area contributed by atoms with E-state index in [2.05, 4.69) is 34.2 Å². The second kappa shape index (κ2) is 13.9. The molecular weight excluding hydrogens is 448 g/mol. The number of primary amides is 1. The zero-order valence-corrected chi connectivity index (χ0v) is 16.4. The van der Waals surface area contributed by atoms with Crippen LogP contribution in [0, 0.1) is 0 Å². The Labute approximate surface area is 181 Å². The van der Waals surface area contributed by atoms with Gasteiger partial charge in [-0.05, 0) is 12.1 Å². The van der Waals surface area contributed by atoms with Crippen molar-refractivity contribution in [2.45, 2.75) is 0 Å². The quantitative estimate of drug-likeness (QED) is 0.281. The number of nitrogens with two attached hydrogens (primary N) is 1. The summed E-state index contributed by atoms with van der Waals surface area (Å²) in [5, 5.41) is 22.4. The predicted molar refractivity (Wildman–Crippen MR) is 99.9 cm³/mol. The van der Waals surface area contributed by atoms with Crippen molar-refractivity contribution in [1.82, 2.24) is 14.9 Å². The normalized spacial score (nSPS) is 9.37. The summed E-state index contributed by atoms with van der Waals surface area (Å²) in [5.41, 5.74) is 6.69. The number of carboxylic acid groups (broad SMARTS) is 2. The number of aromatic nitrogens is 2. The first-order chi connectivity index (χ1) is 12.9. The van der Waals surface area contributed by atoms with Crippen molar-refractivity contribution < 1.29 is 52.6 Å². The number of carbonyl (C=O) groups excluding carboxylic acids is 3. The molecule has 0 saturated carbocycles. The number of pyridine rings is 2. The minimum Gasteiger partial charge on any atom is -0.549 e. The van der Waals surface area contributed by atoms with E-state index < -0.39 is 37.5 Å². The molecule has 6 N–H and O–H groups in total. The number of nitrogens with zero attached hydrogens (tertiary/aromatic N) is 3. The molecule has 1 radical (unpaired) electrons. The summed E-state index contributed by atoms with van der Waals surface area (Å²) in [6.45, 7) is -1.80. The Balaban J connectivity index is 0. The molecule has 0 saturated heterocycles. The van der Waals surface area contributed by atoms with Gasteiger partial charge in [-0.1, -0.05) is 24.3 Å². The SMILES string of the molecule is NC(=O)CN(CC(=O)[O-])CC(=O)[O-].O.O.[Cu+2].c1cnc2c(c1)ccc1cccnc12. The van der Waals surface area contributed by atoms with Gasteiger partial charge in [-0.3, -0.25) is 19.7 Å².